The monoisotopic (exact) mass is 380 g/mol. The lowest BCUT2D eigenvalue weighted by Gasteiger charge is -2.34. The second-order valence-electron chi connectivity index (χ2n) is 6.66. The van der Waals surface area contributed by atoms with E-state index < -0.39 is 17.5 Å². The molecule has 142 valence electrons. The molecule has 1 aliphatic rings. The van der Waals surface area contributed by atoms with Gasteiger partial charge in [0.15, 0.2) is 6.61 Å². The van der Waals surface area contributed by atoms with Crippen LogP contribution in [0.15, 0.2) is 23.1 Å². The summed E-state index contributed by atoms with van der Waals surface area (Å²) in [6.45, 7) is 3.90. The molecule has 8 heteroatoms. The van der Waals surface area contributed by atoms with Crippen LogP contribution in [0.3, 0.4) is 0 Å². The normalized spacial score (nSPS) is 22.5. The minimum atomic E-state index is -0.749. The number of benzene rings is 1. The van der Waals surface area contributed by atoms with Crippen LogP contribution >= 0.6 is 11.8 Å². The highest BCUT2D eigenvalue weighted by Crippen LogP contribution is 2.30. The van der Waals surface area contributed by atoms with Gasteiger partial charge in [0.2, 0.25) is 0 Å². The molecule has 3 atom stereocenters. The topological polar surface area (TPSA) is 98.5 Å². The number of nitrogens with one attached hydrogen (secondary N) is 1. The zero-order valence-corrected chi connectivity index (χ0v) is 16.0. The Balaban J connectivity index is 1.93. The highest BCUT2D eigenvalue weighted by molar-refractivity contribution is 7.98. The largest absolute Gasteiger partial charge is 0.452 e. The van der Waals surface area contributed by atoms with Crippen molar-refractivity contribution in [2.45, 2.75) is 44.0 Å². The van der Waals surface area contributed by atoms with Gasteiger partial charge in [0.25, 0.3) is 11.6 Å². The number of hydrogen-bond donors (Lipinski definition) is 1. The van der Waals surface area contributed by atoms with Crippen LogP contribution in [0.25, 0.3) is 0 Å². The highest BCUT2D eigenvalue weighted by Gasteiger charge is 2.28. The van der Waals surface area contributed by atoms with Crippen molar-refractivity contribution >= 4 is 29.3 Å². The van der Waals surface area contributed by atoms with Gasteiger partial charge >= 0.3 is 5.97 Å². The maximum Gasteiger partial charge on any atom is 0.338 e. The Morgan fingerprint density at radius 1 is 1.35 bits per heavy atom. The number of thioether (sulfide) groups is 1. The first-order valence-electron chi connectivity index (χ1n) is 8.62. The van der Waals surface area contributed by atoms with Crippen molar-refractivity contribution in [3.63, 3.8) is 0 Å². The second-order valence-corrected chi connectivity index (χ2v) is 7.51. The second kappa shape index (κ2) is 9.02. The van der Waals surface area contributed by atoms with E-state index >= 15 is 0 Å². The summed E-state index contributed by atoms with van der Waals surface area (Å²) in [5.74, 6) is -0.169. The van der Waals surface area contributed by atoms with E-state index in [0.29, 0.717) is 16.7 Å². The Bertz CT molecular complexity index is 694. The van der Waals surface area contributed by atoms with E-state index in [1.165, 1.54) is 30.0 Å². The molecule has 2 rings (SSSR count). The number of esters is 1. The summed E-state index contributed by atoms with van der Waals surface area (Å²) >= 11 is 1.22. The maximum absolute atomic E-state index is 12.1. The number of nitrogens with zero attached hydrogens (tertiary/aromatic N) is 1. The van der Waals surface area contributed by atoms with Crippen LogP contribution in [0.1, 0.15) is 43.5 Å². The SMILES string of the molecule is CSc1ccc(C(=O)OCC(=O)N[C@@H]2CCC[C@H](C)[C@H]2C)cc1[N+](=O)[O-]. The number of nitro groups is 1. The number of rotatable bonds is 6. The van der Waals surface area contributed by atoms with Crippen LogP contribution in [0.2, 0.25) is 0 Å². The molecule has 1 saturated carbocycles. The van der Waals surface area contributed by atoms with Crippen LogP contribution in [-0.4, -0.2) is 35.7 Å². The van der Waals surface area contributed by atoms with Crippen LogP contribution in [0, 0.1) is 22.0 Å². The van der Waals surface area contributed by atoms with Crippen molar-refractivity contribution in [2.75, 3.05) is 12.9 Å². The smallest absolute Gasteiger partial charge is 0.338 e. The Hall–Kier alpha value is -2.09. The molecule has 0 aromatic heterocycles. The predicted octanol–water partition coefficient (Wildman–Crippen LogP) is 3.41. The predicted molar refractivity (Wildman–Crippen MR) is 99.3 cm³/mol. The molecule has 1 aromatic carbocycles. The molecule has 0 radical (unpaired) electrons. The first-order chi connectivity index (χ1) is 12.3. The summed E-state index contributed by atoms with van der Waals surface area (Å²) in [7, 11) is 0. The summed E-state index contributed by atoms with van der Waals surface area (Å²) in [6.07, 6.45) is 4.88. The number of amides is 1. The molecule has 26 heavy (non-hydrogen) atoms. The molecule has 0 aliphatic heterocycles. The summed E-state index contributed by atoms with van der Waals surface area (Å²) < 4.78 is 5.02. The third kappa shape index (κ3) is 4.97. The van der Waals surface area contributed by atoms with E-state index in [4.69, 9.17) is 4.74 Å². The molecule has 1 aliphatic carbocycles. The van der Waals surface area contributed by atoms with Gasteiger partial charge in [-0.3, -0.25) is 14.9 Å². The van der Waals surface area contributed by atoms with Crippen LogP contribution in [0.4, 0.5) is 5.69 Å². The van der Waals surface area contributed by atoms with Crippen molar-refractivity contribution in [2.24, 2.45) is 11.8 Å². The number of ether oxygens (including phenoxy) is 1. The lowest BCUT2D eigenvalue weighted by molar-refractivity contribution is -0.387. The number of carbonyl (C=O) groups is 2. The minimum absolute atomic E-state index is 0.0574. The van der Waals surface area contributed by atoms with Gasteiger partial charge in [-0.25, -0.2) is 4.79 Å². The molecule has 0 unspecified atom stereocenters. The van der Waals surface area contributed by atoms with Gasteiger partial charge in [0, 0.05) is 12.1 Å². The van der Waals surface area contributed by atoms with Gasteiger partial charge in [-0.1, -0.05) is 26.7 Å². The van der Waals surface area contributed by atoms with Gasteiger partial charge in [0.05, 0.1) is 15.4 Å². The average molecular weight is 380 g/mol. The Labute approximate surface area is 157 Å². The first-order valence-corrected chi connectivity index (χ1v) is 9.85. The van der Waals surface area contributed by atoms with E-state index in [9.17, 15) is 19.7 Å². The number of carbonyl (C=O) groups excluding carboxylic acids is 2. The van der Waals surface area contributed by atoms with E-state index in [1.54, 1.807) is 6.26 Å². The molecular weight excluding hydrogens is 356 g/mol. The molecule has 0 heterocycles. The lowest BCUT2D eigenvalue weighted by Crippen LogP contribution is -2.45. The minimum Gasteiger partial charge on any atom is -0.452 e. The van der Waals surface area contributed by atoms with Gasteiger partial charge < -0.3 is 10.1 Å². The average Bonchev–Trinajstić information content (AvgIpc) is 2.62. The summed E-state index contributed by atoms with van der Waals surface area (Å²) in [5, 5.41) is 14.0. The van der Waals surface area contributed by atoms with Crippen molar-refractivity contribution in [1.29, 1.82) is 0 Å². The fourth-order valence-corrected chi connectivity index (χ4v) is 3.75. The summed E-state index contributed by atoms with van der Waals surface area (Å²) in [4.78, 5) is 35.2. The lowest BCUT2D eigenvalue weighted by atomic mass is 9.78. The van der Waals surface area contributed by atoms with E-state index in [-0.39, 0.29) is 23.2 Å². The van der Waals surface area contributed by atoms with Gasteiger partial charge in [0.1, 0.15) is 0 Å². The summed E-state index contributed by atoms with van der Waals surface area (Å²) in [5.41, 5.74) is -0.0941. The molecule has 0 spiro atoms. The van der Waals surface area contributed by atoms with E-state index in [2.05, 4.69) is 19.2 Å². The number of nitro benzene ring substituents is 1. The fraction of sp³-hybridized carbons (Fsp3) is 0.556. The van der Waals surface area contributed by atoms with Crippen LogP contribution in [0.5, 0.6) is 0 Å². The van der Waals surface area contributed by atoms with Crippen molar-refractivity contribution in [3.8, 4) is 0 Å². The zero-order chi connectivity index (χ0) is 19.3. The van der Waals surface area contributed by atoms with Crippen LogP contribution in [-0.2, 0) is 9.53 Å². The quantitative estimate of drug-likeness (QED) is 0.351. The maximum atomic E-state index is 12.1. The molecule has 7 nitrogen and oxygen atoms in total. The Morgan fingerprint density at radius 3 is 2.73 bits per heavy atom. The van der Waals surface area contributed by atoms with Crippen molar-refractivity contribution < 1.29 is 19.2 Å². The molecule has 1 aromatic rings. The molecule has 1 N–H and O–H groups in total. The van der Waals surface area contributed by atoms with Crippen molar-refractivity contribution in [3.05, 3.63) is 33.9 Å². The molecule has 1 amide bonds. The number of hydrogen-bond acceptors (Lipinski definition) is 6. The molecule has 0 bridgehead atoms. The molecule has 0 saturated heterocycles. The standard InChI is InChI=1S/C18H24N2O5S/c1-11-5-4-6-14(12(11)2)19-17(21)10-25-18(22)13-7-8-16(26-3)15(9-13)20(23)24/h7-9,11-12,14H,4-6,10H2,1-3H3,(H,19,21)/t11-,12+,14+/m0/s1. The highest BCUT2D eigenvalue weighted by atomic mass is 32.2. The van der Waals surface area contributed by atoms with E-state index in [0.717, 1.165) is 19.3 Å². The Morgan fingerprint density at radius 2 is 2.08 bits per heavy atom. The third-order valence-electron chi connectivity index (χ3n) is 5.00. The Kier molecular flexibility index (Phi) is 7.02. The van der Waals surface area contributed by atoms with E-state index in [1.807, 2.05) is 0 Å². The van der Waals surface area contributed by atoms with Crippen molar-refractivity contribution in [1.82, 2.24) is 5.32 Å². The van der Waals surface area contributed by atoms with Gasteiger partial charge in [-0.05, 0) is 36.6 Å². The van der Waals surface area contributed by atoms with Gasteiger partial charge in [-0.2, -0.15) is 0 Å². The molecule has 1 fully saturated rings. The van der Waals surface area contributed by atoms with Crippen LogP contribution < -0.4 is 5.32 Å². The van der Waals surface area contributed by atoms with Gasteiger partial charge in [-0.15, -0.1) is 11.8 Å². The third-order valence-corrected chi connectivity index (χ3v) is 5.78. The fourth-order valence-electron chi connectivity index (χ4n) is 3.21. The zero-order valence-electron chi connectivity index (χ0n) is 15.2. The summed E-state index contributed by atoms with van der Waals surface area (Å²) in [6, 6.07) is 4.23. The molecular formula is C18H24N2O5S. The first kappa shape index (κ1) is 20.2.